The van der Waals surface area contributed by atoms with Gasteiger partial charge in [-0.2, -0.15) is 0 Å². The van der Waals surface area contributed by atoms with E-state index in [0.29, 0.717) is 7.48 Å². The average molecular weight is 310 g/mol. The standard InChI is InChI=1S/C19H23BO3/c1-18(2,21)19(3,4)23-20-13-8-7-11-17-15(12-13)14-9-5-6-10-16(14)22-17/h5-10,12,20-21H,11H2,1-4H3. The second-order valence-electron chi connectivity index (χ2n) is 7.12. The highest BCUT2D eigenvalue weighted by atomic mass is 16.5. The van der Waals surface area contributed by atoms with Crippen LogP contribution in [0, 0.1) is 0 Å². The first-order valence-corrected chi connectivity index (χ1v) is 8.02. The molecule has 1 N–H and O–H groups in total. The summed E-state index contributed by atoms with van der Waals surface area (Å²) >= 11 is 0. The predicted molar refractivity (Wildman–Crippen MR) is 95.6 cm³/mol. The second kappa shape index (κ2) is 5.70. The topological polar surface area (TPSA) is 42.6 Å². The van der Waals surface area contributed by atoms with Crippen LogP contribution in [0.15, 0.2) is 46.3 Å². The number of aliphatic hydroxyl groups is 1. The minimum absolute atomic E-state index is 0.451. The van der Waals surface area contributed by atoms with E-state index in [9.17, 15) is 5.11 Å². The first kappa shape index (κ1) is 16.1. The molecule has 0 spiro atoms. The number of para-hydroxylation sites is 1. The summed E-state index contributed by atoms with van der Waals surface area (Å²) in [5, 5.41) is 11.3. The Morgan fingerprint density at radius 3 is 2.65 bits per heavy atom. The second-order valence-corrected chi connectivity index (χ2v) is 7.12. The van der Waals surface area contributed by atoms with Crippen LogP contribution < -0.4 is 0 Å². The maximum Gasteiger partial charge on any atom is 0.309 e. The molecule has 120 valence electrons. The van der Waals surface area contributed by atoms with Gasteiger partial charge in [0.15, 0.2) is 0 Å². The summed E-state index contributed by atoms with van der Waals surface area (Å²) in [5.41, 5.74) is 1.59. The zero-order chi connectivity index (χ0) is 16.7. The molecule has 4 heteroatoms. The monoisotopic (exact) mass is 310 g/mol. The van der Waals surface area contributed by atoms with Crippen LogP contribution in [0.4, 0.5) is 0 Å². The Hall–Kier alpha value is -1.78. The van der Waals surface area contributed by atoms with Gasteiger partial charge < -0.3 is 14.2 Å². The predicted octanol–water partition coefficient (Wildman–Crippen LogP) is 3.80. The van der Waals surface area contributed by atoms with Crippen LogP contribution >= 0.6 is 0 Å². The first-order valence-electron chi connectivity index (χ1n) is 8.02. The van der Waals surface area contributed by atoms with E-state index in [4.69, 9.17) is 9.07 Å². The summed E-state index contributed by atoms with van der Waals surface area (Å²) in [6.07, 6.45) is 7.08. The van der Waals surface area contributed by atoms with E-state index in [1.54, 1.807) is 13.8 Å². The average Bonchev–Trinajstić information content (AvgIpc) is 2.69. The van der Waals surface area contributed by atoms with Gasteiger partial charge >= 0.3 is 7.48 Å². The highest BCUT2D eigenvalue weighted by molar-refractivity contribution is 6.41. The van der Waals surface area contributed by atoms with Crippen molar-refractivity contribution in [1.82, 2.24) is 0 Å². The Bertz CT molecular complexity index is 775. The van der Waals surface area contributed by atoms with Crippen molar-refractivity contribution in [3.05, 3.63) is 53.2 Å². The Morgan fingerprint density at radius 2 is 1.91 bits per heavy atom. The van der Waals surface area contributed by atoms with Crippen molar-refractivity contribution in [1.29, 1.82) is 0 Å². The molecule has 23 heavy (non-hydrogen) atoms. The van der Waals surface area contributed by atoms with Gasteiger partial charge in [0.05, 0.1) is 11.2 Å². The molecule has 1 aromatic carbocycles. The van der Waals surface area contributed by atoms with Crippen molar-refractivity contribution in [3.63, 3.8) is 0 Å². The molecule has 0 saturated heterocycles. The number of hydrogen-bond acceptors (Lipinski definition) is 3. The van der Waals surface area contributed by atoms with Crippen LogP contribution in [0.5, 0.6) is 0 Å². The van der Waals surface area contributed by atoms with Crippen molar-refractivity contribution in [2.75, 3.05) is 0 Å². The molecular formula is C19H23BO3. The zero-order valence-corrected chi connectivity index (χ0v) is 14.2. The van der Waals surface area contributed by atoms with E-state index in [0.717, 1.165) is 34.2 Å². The van der Waals surface area contributed by atoms with Crippen LogP contribution in [0.1, 0.15) is 39.0 Å². The van der Waals surface area contributed by atoms with Gasteiger partial charge in [-0.25, -0.2) is 0 Å². The Kier molecular flexibility index (Phi) is 3.99. The summed E-state index contributed by atoms with van der Waals surface area (Å²) in [4.78, 5) is 0. The molecule has 1 heterocycles. The lowest BCUT2D eigenvalue weighted by Crippen LogP contribution is -2.48. The summed E-state index contributed by atoms with van der Waals surface area (Å²) < 4.78 is 11.9. The summed E-state index contributed by atoms with van der Waals surface area (Å²) in [6.45, 7) is 7.36. The molecule has 0 fully saturated rings. The molecular weight excluding hydrogens is 287 g/mol. The van der Waals surface area contributed by atoms with Crippen LogP contribution in [0.2, 0.25) is 0 Å². The first-order chi connectivity index (χ1) is 10.8. The maximum atomic E-state index is 10.2. The van der Waals surface area contributed by atoms with Crippen LogP contribution in [-0.4, -0.2) is 23.8 Å². The molecule has 0 radical (unpaired) electrons. The molecule has 0 atom stereocenters. The van der Waals surface area contributed by atoms with E-state index < -0.39 is 11.2 Å². The van der Waals surface area contributed by atoms with Crippen LogP contribution in [0.25, 0.3) is 17.0 Å². The zero-order valence-electron chi connectivity index (χ0n) is 14.2. The van der Waals surface area contributed by atoms with Crippen molar-refractivity contribution in [2.24, 2.45) is 0 Å². The SMILES string of the molecule is CC(C)(O)C(C)(C)OBC1=Cc2c(oc3ccccc23)CC=C1. The van der Waals surface area contributed by atoms with Gasteiger partial charge in [-0.1, -0.05) is 41.9 Å². The quantitative estimate of drug-likeness (QED) is 0.873. The van der Waals surface area contributed by atoms with E-state index in [2.05, 4.69) is 24.3 Å². The minimum Gasteiger partial charge on any atom is -0.460 e. The molecule has 0 unspecified atom stereocenters. The van der Waals surface area contributed by atoms with E-state index in [1.807, 2.05) is 32.0 Å². The number of allylic oxidation sites excluding steroid dienone is 3. The van der Waals surface area contributed by atoms with Gasteiger partial charge in [-0.3, -0.25) is 0 Å². The van der Waals surface area contributed by atoms with Crippen molar-refractivity contribution in [2.45, 2.75) is 45.3 Å². The fourth-order valence-electron chi connectivity index (χ4n) is 2.51. The number of fused-ring (bicyclic) bond motifs is 3. The van der Waals surface area contributed by atoms with Crippen LogP contribution in [0.3, 0.4) is 0 Å². The summed E-state index contributed by atoms with van der Waals surface area (Å²) in [5.74, 6) is 0.985. The highest BCUT2D eigenvalue weighted by Gasteiger charge is 2.35. The number of benzene rings is 1. The lowest BCUT2D eigenvalue weighted by atomic mass is 9.81. The molecule has 3 rings (SSSR count). The molecule has 3 nitrogen and oxygen atoms in total. The van der Waals surface area contributed by atoms with Gasteiger partial charge in [0, 0.05) is 17.4 Å². The number of hydrogen-bond donors (Lipinski definition) is 1. The van der Waals surface area contributed by atoms with E-state index >= 15 is 0 Å². The van der Waals surface area contributed by atoms with Crippen LogP contribution in [-0.2, 0) is 11.1 Å². The lowest BCUT2D eigenvalue weighted by molar-refractivity contribution is -0.0896. The van der Waals surface area contributed by atoms with Gasteiger partial charge in [0.25, 0.3) is 0 Å². The highest BCUT2D eigenvalue weighted by Crippen LogP contribution is 2.31. The maximum absolute atomic E-state index is 10.2. The molecule has 1 aromatic heterocycles. The Labute approximate surface area is 137 Å². The largest absolute Gasteiger partial charge is 0.460 e. The van der Waals surface area contributed by atoms with Crippen molar-refractivity contribution in [3.8, 4) is 0 Å². The third kappa shape index (κ3) is 3.14. The molecule has 0 aliphatic heterocycles. The number of furan rings is 1. The lowest BCUT2D eigenvalue weighted by Gasteiger charge is -2.37. The molecule has 0 bridgehead atoms. The van der Waals surface area contributed by atoms with E-state index in [1.165, 1.54) is 0 Å². The Morgan fingerprint density at radius 1 is 1.17 bits per heavy atom. The van der Waals surface area contributed by atoms with E-state index in [-0.39, 0.29) is 0 Å². The Balaban J connectivity index is 1.89. The molecule has 0 amide bonds. The molecule has 1 aliphatic carbocycles. The van der Waals surface area contributed by atoms with Gasteiger partial charge in [0.1, 0.15) is 11.3 Å². The number of rotatable bonds is 4. The van der Waals surface area contributed by atoms with Gasteiger partial charge in [-0.05, 0) is 33.8 Å². The fraction of sp³-hybridized carbons (Fsp3) is 0.368. The van der Waals surface area contributed by atoms with Gasteiger partial charge in [0.2, 0.25) is 0 Å². The third-order valence-electron chi connectivity index (χ3n) is 4.75. The molecule has 2 aromatic rings. The fourth-order valence-corrected chi connectivity index (χ4v) is 2.51. The van der Waals surface area contributed by atoms with Crippen molar-refractivity contribution >= 4 is 24.5 Å². The summed E-state index contributed by atoms with van der Waals surface area (Å²) in [6, 6.07) is 8.09. The smallest absolute Gasteiger partial charge is 0.309 e. The van der Waals surface area contributed by atoms with Crippen molar-refractivity contribution < 1.29 is 14.2 Å². The molecule has 1 aliphatic rings. The molecule has 0 saturated carbocycles. The van der Waals surface area contributed by atoms with Gasteiger partial charge in [-0.15, -0.1) is 0 Å². The normalized spacial score (nSPS) is 15.3. The summed E-state index contributed by atoms with van der Waals surface area (Å²) in [7, 11) is 0.451. The minimum atomic E-state index is -0.907. The third-order valence-corrected chi connectivity index (χ3v) is 4.75.